The molecule has 4 aromatic rings. The van der Waals surface area contributed by atoms with Crippen LogP contribution < -0.4 is 9.46 Å². The number of hydrogen-bond donors (Lipinski definition) is 1. The minimum absolute atomic E-state index is 0.107. The summed E-state index contributed by atoms with van der Waals surface area (Å²) in [4.78, 5) is 25.0. The number of ether oxygens (including phenoxy) is 2. The van der Waals surface area contributed by atoms with Crippen molar-refractivity contribution in [3.05, 3.63) is 101 Å². The largest absolute Gasteiger partial charge is 0.497 e. The number of nitrogens with one attached hydrogen (secondary N) is 1. The molecule has 0 atom stereocenters. The van der Waals surface area contributed by atoms with Crippen LogP contribution in [-0.4, -0.2) is 33.9 Å². The highest BCUT2D eigenvalue weighted by Crippen LogP contribution is 2.22. The van der Waals surface area contributed by atoms with Gasteiger partial charge in [0, 0.05) is 15.7 Å². The fourth-order valence-corrected chi connectivity index (χ4v) is 4.65. The number of ketones is 1. The first-order valence-electron chi connectivity index (χ1n) is 10.4. The maximum Gasteiger partial charge on any atom is 0.338 e. The van der Waals surface area contributed by atoms with Crippen LogP contribution in [0.2, 0.25) is 0 Å². The molecule has 4 aromatic carbocycles. The number of carbonyl (C=O) groups is 2. The predicted octanol–water partition coefficient (Wildman–Crippen LogP) is 5.45. The molecule has 0 spiro atoms. The van der Waals surface area contributed by atoms with Crippen molar-refractivity contribution in [2.45, 2.75) is 4.90 Å². The molecule has 0 unspecified atom stereocenters. The Hall–Kier alpha value is -3.69. The average molecular weight is 554 g/mol. The van der Waals surface area contributed by atoms with Crippen molar-refractivity contribution >= 4 is 54.2 Å². The summed E-state index contributed by atoms with van der Waals surface area (Å²) in [6.07, 6.45) is 0. The lowest BCUT2D eigenvalue weighted by Gasteiger charge is -2.09. The van der Waals surface area contributed by atoms with Crippen molar-refractivity contribution in [3.8, 4) is 5.75 Å². The van der Waals surface area contributed by atoms with E-state index in [4.69, 9.17) is 9.47 Å². The Bertz CT molecular complexity index is 1500. The van der Waals surface area contributed by atoms with E-state index in [0.29, 0.717) is 5.56 Å². The lowest BCUT2D eigenvalue weighted by atomic mass is 10.0. The number of sulfonamides is 1. The SMILES string of the molecule is COc1ccc2cc(C(=O)COC(=O)c3ccc(NS(=O)(=O)c4ccc(Br)cc4)cc3)ccc2c1. The van der Waals surface area contributed by atoms with Gasteiger partial charge in [-0.3, -0.25) is 9.52 Å². The number of methoxy groups -OCH3 is 1. The van der Waals surface area contributed by atoms with Gasteiger partial charge in [-0.1, -0.05) is 34.1 Å². The maximum atomic E-state index is 12.5. The molecule has 0 bridgehead atoms. The molecule has 0 fully saturated rings. The second kappa shape index (κ2) is 10.3. The summed E-state index contributed by atoms with van der Waals surface area (Å²) in [5, 5.41) is 1.79. The number of esters is 1. The third-order valence-corrected chi connectivity index (χ3v) is 7.13. The van der Waals surface area contributed by atoms with Crippen molar-refractivity contribution in [2.24, 2.45) is 0 Å². The summed E-state index contributed by atoms with van der Waals surface area (Å²) in [6.45, 7) is -0.418. The molecule has 0 amide bonds. The molecule has 178 valence electrons. The van der Waals surface area contributed by atoms with Gasteiger partial charge in [0.25, 0.3) is 10.0 Å². The predicted molar refractivity (Wildman–Crippen MR) is 137 cm³/mol. The van der Waals surface area contributed by atoms with Gasteiger partial charge in [-0.15, -0.1) is 0 Å². The van der Waals surface area contributed by atoms with E-state index in [9.17, 15) is 18.0 Å². The second-order valence-electron chi connectivity index (χ2n) is 7.56. The highest BCUT2D eigenvalue weighted by Gasteiger charge is 2.16. The van der Waals surface area contributed by atoms with Gasteiger partial charge < -0.3 is 9.47 Å². The van der Waals surface area contributed by atoms with E-state index in [2.05, 4.69) is 20.7 Å². The molecule has 0 saturated carbocycles. The molecule has 9 heteroatoms. The van der Waals surface area contributed by atoms with Crippen molar-refractivity contribution in [2.75, 3.05) is 18.4 Å². The zero-order valence-corrected chi connectivity index (χ0v) is 20.9. The summed E-state index contributed by atoms with van der Waals surface area (Å²) in [5.41, 5.74) is 0.900. The summed E-state index contributed by atoms with van der Waals surface area (Å²) in [5.74, 6) is -0.307. The number of benzene rings is 4. The lowest BCUT2D eigenvalue weighted by molar-refractivity contribution is 0.0475. The van der Waals surface area contributed by atoms with Crippen molar-refractivity contribution < 1.29 is 27.5 Å². The minimum Gasteiger partial charge on any atom is -0.497 e. The molecule has 0 radical (unpaired) electrons. The number of fused-ring (bicyclic) bond motifs is 1. The van der Waals surface area contributed by atoms with Gasteiger partial charge >= 0.3 is 5.97 Å². The van der Waals surface area contributed by atoms with Gasteiger partial charge in [-0.25, -0.2) is 13.2 Å². The second-order valence-corrected chi connectivity index (χ2v) is 10.2. The van der Waals surface area contributed by atoms with Crippen LogP contribution in [0.1, 0.15) is 20.7 Å². The quantitative estimate of drug-likeness (QED) is 0.230. The van der Waals surface area contributed by atoms with Crippen LogP contribution in [0.25, 0.3) is 10.8 Å². The maximum absolute atomic E-state index is 12.5. The fraction of sp³-hybridized carbons (Fsp3) is 0.0769. The molecular weight excluding hydrogens is 534 g/mol. The highest BCUT2D eigenvalue weighted by atomic mass is 79.9. The summed E-state index contributed by atoms with van der Waals surface area (Å²) < 4.78 is 38.6. The molecule has 0 aliphatic carbocycles. The first kappa shape index (κ1) is 24.4. The first-order chi connectivity index (χ1) is 16.7. The monoisotopic (exact) mass is 553 g/mol. The van der Waals surface area contributed by atoms with E-state index in [1.807, 2.05) is 12.1 Å². The Balaban J connectivity index is 1.37. The van der Waals surface area contributed by atoms with Crippen LogP contribution in [0, 0.1) is 0 Å². The lowest BCUT2D eigenvalue weighted by Crippen LogP contribution is -2.15. The molecule has 4 rings (SSSR count). The van der Waals surface area contributed by atoms with Crippen molar-refractivity contribution in [1.82, 2.24) is 0 Å². The molecule has 0 saturated heterocycles. The standard InChI is InChI=1S/C26H20BrNO6S/c1-33-23-11-6-18-14-20(3-2-19(18)15-23)25(29)16-34-26(30)17-4-9-22(10-5-17)28-35(31,32)24-12-7-21(27)8-13-24/h2-15,28H,16H2,1H3. The molecule has 0 aliphatic rings. The number of rotatable bonds is 8. The van der Waals surface area contributed by atoms with E-state index in [1.54, 1.807) is 43.5 Å². The fourth-order valence-electron chi connectivity index (χ4n) is 3.32. The number of carbonyl (C=O) groups excluding carboxylic acids is 2. The Kier molecular flexibility index (Phi) is 7.18. The van der Waals surface area contributed by atoms with E-state index in [-0.39, 0.29) is 21.9 Å². The van der Waals surface area contributed by atoms with Gasteiger partial charge in [0.05, 0.1) is 17.6 Å². The highest BCUT2D eigenvalue weighted by molar-refractivity contribution is 9.10. The summed E-state index contributed by atoms with van der Waals surface area (Å²) in [7, 11) is -2.19. The van der Waals surface area contributed by atoms with Crippen molar-refractivity contribution in [1.29, 1.82) is 0 Å². The third-order valence-electron chi connectivity index (χ3n) is 5.20. The average Bonchev–Trinajstić information content (AvgIpc) is 2.86. The Morgan fingerprint density at radius 1 is 0.829 bits per heavy atom. The number of anilines is 1. The minimum atomic E-state index is -3.77. The molecule has 0 aromatic heterocycles. The van der Waals surface area contributed by atoms with Crippen LogP contribution in [0.3, 0.4) is 0 Å². The molecule has 35 heavy (non-hydrogen) atoms. The van der Waals surface area contributed by atoms with Gasteiger partial charge in [0.1, 0.15) is 5.75 Å². The van der Waals surface area contributed by atoms with Crippen LogP contribution >= 0.6 is 15.9 Å². The zero-order valence-electron chi connectivity index (χ0n) is 18.5. The molecule has 0 aliphatic heterocycles. The zero-order chi connectivity index (χ0) is 25.0. The van der Waals surface area contributed by atoms with Gasteiger partial charge in [0.15, 0.2) is 12.4 Å². The first-order valence-corrected chi connectivity index (χ1v) is 12.7. The number of hydrogen-bond acceptors (Lipinski definition) is 6. The molecule has 0 heterocycles. The van der Waals surface area contributed by atoms with Gasteiger partial charge in [0.2, 0.25) is 0 Å². The molecule has 1 N–H and O–H groups in total. The summed E-state index contributed by atoms with van der Waals surface area (Å²) in [6, 6.07) is 22.7. The normalized spacial score (nSPS) is 11.1. The van der Waals surface area contributed by atoms with E-state index < -0.39 is 22.6 Å². The van der Waals surface area contributed by atoms with Crippen LogP contribution in [-0.2, 0) is 14.8 Å². The van der Waals surface area contributed by atoms with E-state index in [0.717, 1.165) is 21.0 Å². The smallest absolute Gasteiger partial charge is 0.338 e. The number of halogens is 1. The van der Waals surface area contributed by atoms with Crippen molar-refractivity contribution in [3.63, 3.8) is 0 Å². The van der Waals surface area contributed by atoms with E-state index >= 15 is 0 Å². The van der Waals surface area contributed by atoms with Crippen LogP contribution in [0.4, 0.5) is 5.69 Å². The summed E-state index contributed by atoms with van der Waals surface area (Å²) >= 11 is 3.27. The van der Waals surface area contributed by atoms with Crippen LogP contribution in [0.5, 0.6) is 5.75 Å². The van der Waals surface area contributed by atoms with Gasteiger partial charge in [-0.05, 0) is 77.5 Å². The third kappa shape index (κ3) is 5.87. The van der Waals surface area contributed by atoms with Crippen LogP contribution in [0.15, 0.2) is 94.3 Å². The Labute approximate surface area is 210 Å². The number of Topliss-reactive ketones (excluding diaryl/α,β-unsaturated/α-hetero) is 1. The Morgan fingerprint density at radius 3 is 2.14 bits per heavy atom. The molecule has 7 nitrogen and oxygen atoms in total. The van der Waals surface area contributed by atoms with E-state index in [1.165, 1.54) is 36.4 Å². The Morgan fingerprint density at radius 2 is 1.46 bits per heavy atom. The topological polar surface area (TPSA) is 98.8 Å². The van der Waals surface area contributed by atoms with Gasteiger partial charge in [-0.2, -0.15) is 0 Å². The molecular formula is C26H20BrNO6S.